The maximum atomic E-state index is 12.8. The molecule has 1 heterocycles. The van der Waals surface area contributed by atoms with Crippen LogP contribution in [0.4, 0.5) is 4.79 Å². The van der Waals surface area contributed by atoms with Crippen LogP contribution in [0.2, 0.25) is 0 Å². The molecular weight excluding hydrogens is 436 g/mol. The van der Waals surface area contributed by atoms with Crippen molar-refractivity contribution >= 4 is 18.0 Å². The molecule has 2 fully saturated rings. The van der Waals surface area contributed by atoms with Crippen LogP contribution in [0.1, 0.15) is 36.3 Å². The van der Waals surface area contributed by atoms with Gasteiger partial charge in [-0.1, -0.05) is 48.5 Å². The number of carbonyl (C=O) groups excluding carboxylic acids is 2. The molecule has 2 unspecified atom stereocenters. The Bertz CT molecular complexity index is 1050. The Morgan fingerprint density at radius 2 is 1.68 bits per heavy atom. The summed E-state index contributed by atoms with van der Waals surface area (Å²) in [6, 6.07) is 16.4. The number of alkyl carbamates (subject to hydrolysis) is 1. The number of aliphatic carboxylic acids is 1. The van der Waals surface area contributed by atoms with E-state index in [0.717, 1.165) is 24.0 Å². The lowest BCUT2D eigenvalue weighted by molar-refractivity contribution is -0.146. The van der Waals surface area contributed by atoms with Crippen molar-refractivity contribution < 1.29 is 29.0 Å². The molecule has 0 radical (unpaired) electrons. The fourth-order valence-corrected chi connectivity index (χ4v) is 5.02. The van der Waals surface area contributed by atoms with E-state index in [1.807, 2.05) is 24.3 Å². The van der Waals surface area contributed by atoms with Crippen molar-refractivity contribution in [2.45, 2.75) is 37.3 Å². The van der Waals surface area contributed by atoms with E-state index < -0.39 is 12.1 Å². The quantitative estimate of drug-likeness (QED) is 0.622. The second-order valence-corrected chi connectivity index (χ2v) is 9.19. The van der Waals surface area contributed by atoms with E-state index >= 15 is 0 Å². The third kappa shape index (κ3) is 4.63. The van der Waals surface area contributed by atoms with Crippen molar-refractivity contribution in [1.82, 2.24) is 10.2 Å². The van der Waals surface area contributed by atoms with Gasteiger partial charge in [0.2, 0.25) is 5.91 Å². The fourth-order valence-electron chi connectivity index (χ4n) is 5.02. The summed E-state index contributed by atoms with van der Waals surface area (Å²) >= 11 is 0. The van der Waals surface area contributed by atoms with Gasteiger partial charge in [-0.2, -0.15) is 0 Å². The van der Waals surface area contributed by atoms with Crippen molar-refractivity contribution in [3.05, 3.63) is 59.7 Å². The van der Waals surface area contributed by atoms with Crippen LogP contribution in [-0.4, -0.2) is 66.4 Å². The number of hydrogen-bond acceptors (Lipinski definition) is 5. The van der Waals surface area contributed by atoms with Crippen LogP contribution in [0.3, 0.4) is 0 Å². The number of rotatable bonds is 8. The lowest BCUT2D eigenvalue weighted by atomic mass is 9.98. The highest BCUT2D eigenvalue weighted by Gasteiger charge is 2.40. The SMILES string of the molecule is O=C(O)CN(C(=O)C1COC(CNC(=O)OCC2c3ccccc3-c3ccccc32)C1)C1CC1. The molecule has 3 aliphatic rings. The summed E-state index contributed by atoms with van der Waals surface area (Å²) in [6.45, 7) is 0.433. The van der Waals surface area contributed by atoms with E-state index in [1.54, 1.807) is 0 Å². The fraction of sp³-hybridized carbons (Fsp3) is 0.423. The number of fused-ring (bicyclic) bond motifs is 3. The van der Waals surface area contributed by atoms with Crippen molar-refractivity contribution in [3.63, 3.8) is 0 Å². The maximum absolute atomic E-state index is 12.8. The summed E-state index contributed by atoms with van der Waals surface area (Å²) < 4.78 is 11.2. The Hall–Kier alpha value is -3.39. The number of carboxylic acid groups (broad SMARTS) is 1. The van der Waals surface area contributed by atoms with E-state index in [0.29, 0.717) is 6.42 Å². The summed E-state index contributed by atoms with van der Waals surface area (Å²) in [5.41, 5.74) is 4.65. The minimum atomic E-state index is -1.01. The molecule has 1 saturated carbocycles. The average Bonchev–Trinajstić information content (AvgIpc) is 3.48. The second kappa shape index (κ2) is 9.46. The van der Waals surface area contributed by atoms with E-state index in [1.165, 1.54) is 16.0 Å². The van der Waals surface area contributed by atoms with Crippen LogP contribution >= 0.6 is 0 Å². The van der Waals surface area contributed by atoms with Gasteiger partial charge in [0.15, 0.2) is 0 Å². The van der Waals surface area contributed by atoms with Gasteiger partial charge >= 0.3 is 12.1 Å². The van der Waals surface area contributed by atoms with Gasteiger partial charge in [-0.15, -0.1) is 0 Å². The van der Waals surface area contributed by atoms with Gasteiger partial charge < -0.3 is 24.8 Å². The molecule has 178 valence electrons. The molecule has 34 heavy (non-hydrogen) atoms. The molecule has 2 aliphatic carbocycles. The standard InChI is InChI=1S/C26H28N2O6/c29-24(30)13-28(17-9-10-17)25(31)16-11-18(33-14-16)12-27-26(32)34-15-23-21-7-3-1-5-19(21)20-6-2-4-8-22(20)23/h1-8,16-18,23H,9-15H2,(H,27,32)(H,29,30). The summed E-state index contributed by atoms with van der Waals surface area (Å²) in [5.74, 6) is -1.57. The third-order valence-electron chi connectivity index (χ3n) is 6.82. The molecule has 2 N–H and O–H groups in total. The lowest BCUT2D eigenvalue weighted by Gasteiger charge is -2.23. The average molecular weight is 465 g/mol. The van der Waals surface area contributed by atoms with Gasteiger partial charge in [-0.25, -0.2) is 4.79 Å². The van der Waals surface area contributed by atoms with Crippen molar-refractivity contribution in [2.24, 2.45) is 5.92 Å². The van der Waals surface area contributed by atoms with Crippen LogP contribution in [0.15, 0.2) is 48.5 Å². The summed E-state index contributed by atoms with van der Waals surface area (Å²) in [7, 11) is 0. The van der Waals surface area contributed by atoms with E-state index in [2.05, 4.69) is 29.6 Å². The zero-order chi connectivity index (χ0) is 23.7. The second-order valence-electron chi connectivity index (χ2n) is 9.19. The first-order valence-corrected chi connectivity index (χ1v) is 11.7. The monoisotopic (exact) mass is 464 g/mol. The van der Waals surface area contributed by atoms with E-state index in [-0.39, 0.29) is 56.2 Å². The molecule has 2 aromatic carbocycles. The normalized spacial score (nSPS) is 20.9. The Kier molecular flexibility index (Phi) is 6.24. The molecule has 2 atom stereocenters. The van der Waals surface area contributed by atoms with Crippen LogP contribution in [-0.2, 0) is 19.1 Å². The Labute approximate surface area is 197 Å². The zero-order valence-corrected chi connectivity index (χ0v) is 18.8. The Morgan fingerprint density at radius 3 is 2.29 bits per heavy atom. The molecule has 2 amide bonds. The molecule has 8 heteroatoms. The summed E-state index contributed by atoms with van der Waals surface area (Å²) in [4.78, 5) is 37.7. The van der Waals surface area contributed by atoms with Crippen LogP contribution in [0.5, 0.6) is 0 Å². The zero-order valence-electron chi connectivity index (χ0n) is 18.8. The highest BCUT2D eigenvalue weighted by molar-refractivity contribution is 5.84. The number of nitrogens with zero attached hydrogens (tertiary/aromatic N) is 1. The minimum Gasteiger partial charge on any atom is -0.480 e. The Morgan fingerprint density at radius 1 is 1.03 bits per heavy atom. The first-order chi connectivity index (χ1) is 16.5. The van der Waals surface area contributed by atoms with Crippen LogP contribution in [0.25, 0.3) is 11.1 Å². The van der Waals surface area contributed by atoms with Gasteiger partial charge in [0.05, 0.1) is 18.6 Å². The van der Waals surface area contributed by atoms with E-state index in [4.69, 9.17) is 14.6 Å². The molecule has 0 bridgehead atoms. The number of amides is 2. The summed E-state index contributed by atoms with van der Waals surface area (Å²) in [5, 5.41) is 11.8. The molecule has 0 aromatic heterocycles. The predicted molar refractivity (Wildman–Crippen MR) is 123 cm³/mol. The van der Waals surface area contributed by atoms with Gasteiger partial charge in [0, 0.05) is 18.5 Å². The van der Waals surface area contributed by atoms with Crippen molar-refractivity contribution in [1.29, 1.82) is 0 Å². The highest BCUT2D eigenvalue weighted by Crippen LogP contribution is 2.44. The Balaban J connectivity index is 1.11. The molecule has 5 rings (SSSR count). The molecular formula is C26H28N2O6. The lowest BCUT2D eigenvalue weighted by Crippen LogP contribution is -2.41. The molecule has 0 spiro atoms. The predicted octanol–water partition coefficient (Wildman–Crippen LogP) is 3.01. The minimum absolute atomic E-state index is 0.00877. The van der Waals surface area contributed by atoms with Gasteiger partial charge in [-0.05, 0) is 41.5 Å². The maximum Gasteiger partial charge on any atom is 0.407 e. The van der Waals surface area contributed by atoms with Gasteiger partial charge in [0.25, 0.3) is 0 Å². The van der Waals surface area contributed by atoms with Crippen molar-refractivity contribution in [2.75, 3.05) is 26.3 Å². The molecule has 1 aliphatic heterocycles. The number of carbonyl (C=O) groups is 3. The van der Waals surface area contributed by atoms with Gasteiger partial charge in [0.1, 0.15) is 13.2 Å². The molecule has 2 aromatic rings. The highest BCUT2D eigenvalue weighted by atomic mass is 16.5. The van der Waals surface area contributed by atoms with Crippen LogP contribution in [0, 0.1) is 5.92 Å². The number of nitrogens with one attached hydrogen (secondary N) is 1. The number of benzene rings is 2. The van der Waals surface area contributed by atoms with Crippen LogP contribution < -0.4 is 5.32 Å². The largest absolute Gasteiger partial charge is 0.480 e. The first-order valence-electron chi connectivity index (χ1n) is 11.7. The van der Waals surface area contributed by atoms with Gasteiger partial charge in [-0.3, -0.25) is 9.59 Å². The number of hydrogen-bond donors (Lipinski definition) is 2. The molecule has 8 nitrogen and oxygen atoms in total. The smallest absolute Gasteiger partial charge is 0.407 e. The third-order valence-corrected chi connectivity index (χ3v) is 6.82. The number of carboxylic acids is 1. The first kappa shape index (κ1) is 22.4. The number of ether oxygens (including phenoxy) is 2. The van der Waals surface area contributed by atoms with E-state index in [9.17, 15) is 14.4 Å². The summed E-state index contributed by atoms with van der Waals surface area (Å²) in [6.07, 6.45) is 1.32. The van der Waals surface area contributed by atoms with Crippen molar-refractivity contribution in [3.8, 4) is 11.1 Å². The topological polar surface area (TPSA) is 105 Å². The molecule has 1 saturated heterocycles.